The molecular weight excluding hydrogens is 271 g/mol. The monoisotopic (exact) mass is 296 g/mol. The van der Waals surface area contributed by atoms with Crippen molar-refractivity contribution in [1.82, 2.24) is 10.6 Å². The highest BCUT2D eigenvalue weighted by molar-refractivity contribution is 7.46. The lowest BCUT2D eigenvalue weighted by molar-refractivity contribution is 0.195. The molecule has 0 rings (SSSR count). The number of rotatable bonds is 11. The Morgan fingerprint density at radius 2 is 1.63 bits per heavy atom. The van der Waals surface area contributed by atoms with E-state index in [4.69, 9.17) is 9.79 Å². The Balaban J connectivity index is 3.28. The van der Waals surface area contributed by atoms with E-state index < -0.39 is 7.82 Å². The van der Waals surface area contributed by atoms with Crippen molar-refractivity contribution in [1.29, 1.82) is 0 Å². The lowest BCUT2D eigenvalue weighted by Gasteiger charge is -2.08. The number of hydrogen-bond donors (Lipinski definition) is 4. The van der Waals surface area contributed by atoms with Crippen molar-refractivity contribution >= 4 is 13.9 Å². The van der Waals surface area contributed by atoms with Crippen molar-refractivity contribution in [2.24, 2.45) is 0 Å². The molecule has 0 spiro atoms. The van der Waals surface area contributed by atoms with Gasteiger partial charge >= 0.3 is 13.9 Å². The highest BCUT2D eigenvalue weighted by Gasteiger charge is 2.12. The van der Waals surface area contributed by atoms with E-state index in [1.807, 2.05) is 0 Å². The first-order valence-electron chi connectivity index (χ1n) is 6.67. The third kappa shape index (κ3) is 15.3. The second-order valence-corrected chi connectivity index (χ2v) is 5.51. The highest BCUT2D eigenvalue weighted by Crippen LogP contribution is 2.34. The third-order valence-corrected chi connectivity index (χ3v) is 2.98. The van der Waals surface area contributed by atoms with Gasteiger partial charge < -0.3 is 20.4 Å². The van der Waals surface area contributed by atoms with Gasteiger partial charge in [-0.3, -0.25) is 4.52 Å². The minimum absolute atomic E-state index is 0.0629. The summed E-state index contributed by atoms with van der Waals surface area (Å²) in [5.74, 6) is 0. The topological polar surface area (TPSA) is 108 Å². The van der Waals surface area contributed by atoms with Crippen LogP contribution in [0.15, 0.2) is 0 Å². The number of nitrogens with one attached hydrogen (secondary N) is 2. The zero-order chi connectivity index (χ0) is 14.6. The fraction of sp³-hybridized carbons (Fsp3) is 0.909. The second kappa shape index (κ2) is 11.2. The number of carbonyl (C=O) groups is 1. The zero-order valence-electron chi connectivity index (χ0n) is 11.4. The molecule has 0 unspecified atom stereocenters. The average Bonchev–Trinajstić information content (AvgIpc) is 2.32. The smallest absolute Gasteiger partial charge is 0.338 e. The van der Waals surface area contributed by atoms with Gasteiger partial charge in [-0.25, -0.2) is 9.36 Å². The maximum Gasteiger partial charge on any atom is 0.469 e. The molecule has 0 aliphatic carbocycles. The van der Waals surface area contributed by atoms with Gasteiger partial charge in [-0.2, -0.15) is 0 Å². The second-order valence-electron chi connectivity index (χ2n) is 4.27. The van der Waals surface area contributed by atoms with Crippen LogP contribution in [0.3, 0.4) is 0 Å². The number of phosphoric ester groups is 1. The fourth-order valence-electron chi connectivity index (χ4n) is 1.50. The Kier molecular flexibility index (Phi) is 10.9. The van der Waals surface area contributed by atoms with Crippen LogP contribution in [-0.4, -0.2) is 35.5 Å². The molecule has 0 aliphatic rings. The summed E-state index contributed by atoms with van der Waals surface area (Å²) in [6.45, 7) is 2.63. The van der Waals surface area contributed by atoms with E-state index in [9.17, 15) is 9.36 Å². The van der Waals surface area contributed by atoms with Crippen LogP contribution in [0.25, 0.3) is 0 Å². The molecule has 2 amide bonds. The van der Waals surface area contributed by atoms with Gasteiger partial charge in [0.2, 0.25) is 0 Å². The Morgan fingerprint density at radius 1 is 1.05 bits per heavy atom. The van der Waals surface area contributed by atoms with Gasteiger partial charge in [0.25, 0.3) is 0 Å². The molecular formula is C11H25N2O5P. The van der Waals surface area contributed by atoms with Gasteiger partial charge in [0.1, 0.15) is 0 Å². The molecule has 0 bridgehead atoms. The summed E-state index contributed by atoms with van der Waals surface area (Å²) in [6, 6.07) is -0.345. The molecule has 4 N–H and O–H groups in total. The predicted molar refractivity (Wildman–Crippen MR) is 72.8 cm³/mol. The summed E-state index contributed by atoms with van der Waals surface area (Å²) in [6.07, 6.45) is 6.94. The summed E-state index contributed by atoms with van der Waals surface area (Å²) >= 11 is 0. The molecule has 0 saturated heterocycles. The number of hydrogen-bond acceptors (Lipinski definition) is 3. The Morgan fingerprint density at radius 3 is 2.26 bits per heavy atom. The van der Waals surface area contributed by atoms with Crippen LogP contribution < -0.4 is 10.6 Å². The van der Waals surface area contributed by atoms with Crippen LogP contribution in [-0.2, 0) is 9.09 Å². The van der Waals surface area contributed by atoms with E-state index >= 15 is 0 Å². The quantitative estimate of drug-likeness (QED) is 0.343. The molecule has 0 aromatic rings. The molecule has 0 heterocycles. The van der Waals surface area contributed by atoms with Crippen molar-refractivity contribution in [2.45, 2.75) is 45.4 Å². The molecule has 19 heavy (non-hydrogen) atoms. The van der Waals surface area contributed by atoms with Gasteiger partial charge in [0.05, 0.1) is 6.61 Å². The summed E-state index contributed by atoms with van der Waals surface area (Å²) in [5, 5.41) is 5.12. The van der Waals surface area contributed by atoms with E-state index in [-0.39, 0.29) is 19.2 Å². The molecule has 114 valence electrons. The number of unbranched alkanes of at least 4 members (excludes halogenated alkanes) is 5. The van der Waals surface area contributed by atoms with Crippen molar-refractivity contribution in [3.8, 4) is 0 Å². The predicted octanol–water partition coefficient (Wildman–Crippen LogP) is 1.76. The Hall–Kier alpha value is -0.620. The Labute approximate surface area is 114 Å². The van der Waals surface area contributed by atoms with Crippen LogP contribution >= 0.6 is 7.82 Å². The molecule has 0 saturated carbocycles. The molecule has 0 fully saturated rings. The van der Waals surface area contributed by atoms with Crippen LogP contribution in [0.1, 0.15) is 45.4 Å². The lowest BCUT2D eigenvalue weighted by Crippen LogP contribution is -2.37. The average molecular weight is 296 g/mol. The van der Waals surface area contributed by atoms with Gasteiger partial charge in [-0.1, -0.05) is 39.0 Å². The number of amides is 2. The van der Waals surface area contributed by atoms with Crippen LogP contribution in [0, 0.1) is 0 Å². The van der Waals surface area contributed by atoms with E-state index in [1.54, 1.807) is 0 Å². The van der Waals surface area contributed by atoms with Gasteiger partial charge in [0, 0.05) is 13.1 Å². The molecule has 7 nitrogen and oxygen atoms in total. The van der Waals surface area contributed by atoms with E-state index in [2.05, 4.69) is 22.1 Å². The minimum Gasteiger partial charge on any atom is -0.338 e. The molecule has 0 aromatic carbocycles. The third-order valence-electron chi connectivity index (χ3n) is 2.46. The van der Waals surface area contributed by atoms with Crippen molar-refractivity contribution in [3.05, 3.63) is 0 Å². The van der Waals surface area contributed by atoms with Gasteiger partial charge in [-0.15, -0.1) is 0 Å². The summed E-state index contributed by atoms with van der Waals surface area (Å²) in [7, 11) is -4.44. The maximum atomic E-state index is 11.2. The fourth-order valence-corrected chi connectivity index (χ4v) is 1.83. The van der Waals surface area contributed by atoms with Crippen molar-refractivity contribution in [2.75, 3.05) is 19.7 Å². The largest absolute Gasteiger partial charge is 0.469 e. The number of urea groups is 1. The first kappa shape index (κ1) is 18.4. The first-order chi connectivity index (χ1) is 8.95. The molecule has 0 atom stereocenters. The SMILES string of the molecule is CCCCCCCCNC(=O)NCCOP(=O)(O)O. The van der Waals surface area contributed by atoms with Gasteiger partial charge in [-0.05, 0) is 6.42 Å². The van der Waals surface area contributed by atoms with Crippen LogP contribution in [0.5, 0.6) is 0 Å². The van der Waals surface area contributed by atoms with Crippen molar-refractivity contribution in [3.63, 3.8) is 0 Å². The van der Waals surface area contributed by atoms with Crippen molar-refractivity contribution < 1.29 is 23.7 Å². The minimum atomic E-state index is -4.44. The summed E-state index contributed by atoms with van der Waals surface area (Å²) in [5.41, 5.74) is 0. The van der Waals surface area contributed by atoms with Gasteiger partial charge in [0.15, 0.2) is 0 Å². The lowest BCUT2D eigenvalue weighted by atomic mass is 10.1. The van der Waals surface area contributed by atoms with Crippen LogP contribution in [0.2, 0.25) is 0 Å². The standard InChI is InChI=1S/C11H25N2O5P/c1-2-3-4-5-6-7-8-12-11(14)13-9-10-18-19(15,16)17/h2-10H2,1H3,(H2,12,13,14)(H2,15,16,17). The maximum absolute atomic E-state index is 11.2. The zero-order valence-corrected chi connectivity index (χ0v) is 12.3. The van der Waals surface area contributed by atoms with Crippen LogP contribution in [0.4, 0.5) is 4.79 Å². The first-order valence-corrected chi connectivity index (χ1v) is 8.20. The van der Waals surface area contributed by atoms with E-state index in [0.717, 1.165) is 12.8 Å². The summed E-state index contributed by atoms with van der Waals surface area (Å²) < 4.78 is 14.5. The number of phosphoric acid groups is 1. The summed E-state index contributed by atoms with van der Waals surface area (Å²) in [4.78, 5) is 28.0. The Bertz CT molecular complexity index is 282. The molecule has 8 heteroatoms. The van der Waals surface area contributed by atoms with E-state index in [0.29, 0.717) is 6.54 Å². The highest BCUT2D eigenvalue weighted by atomic mass is 31.2. The molecule has 0 aromatic heterocycles. The number of carbonyl (C=O) groups excluding carboxylic acids is 1. The normalized spacial score (nSPS) is 11.3. The molecule has 0 aliphatic heterocycles. The van der Waals surface area contributed by atoms with E-state index in [1.165, 1.54) is 25.7 Å². The molecule has 0 radical (unpaired) electrons.